The molecule has 1 heterocycles. The maximum Gasteiger partial charge on any atom is 0.201 e. The number of aromatic amines is 1. The molecule has 1 aliphatic carbocycles. The smallest absolute Gasteiger partial charge is 0.201 e. The third kappa shape index (κ3) is 2.16. The molecule has 20 heavy (non-hydrogen) atoms. The van der Waals surface area contributed by atoms with Crippen LogP contribution in [-0.2, 0) is 0 Å². The van der Waals surface area contributed by atoms with Gasteiger partial charge in [-0.2, -0.15) is 0 Å². The zero-order chi connectivity index (χ0) is 13.4. The van der Waals surface area contributed by atoms with Crippen LogP contribution in [0.3, 0.4) is 0 Å². The first kappa shape index (κ1) is 11.5. The van der Waals surface area contributed by atoms with Crippen molar-refractivity contribution in [3.63, 3.8) is 0 Å². The summed E-state index contributed by atoms with van der Waals surface area (Å²) in [5.41, 5.74) is 3.57. The first-order chi connectivity index (χ1) is 9.90. The number of H-pyrrole nitrogens is 1. The van der Waals surface area contributed by atoms with Crippen molar-refractivity contribution in [2.75, 3.05) is 11.9 Å². The molecule has 0 radical (unpaired) electrons. The molecule has 3 heteroatoms. The first-order valence-corrected chi connectivity index (χ1v) is 7.14. The molecule has 2 unspecified atom stereocenters. The number of rotatable bonds is 4. The molecule has 0 aliphatic heterocycles. The third-order valence-corrected chi connectivity index (χ3v) is 4.07. The zero-order valence-corrected chi connectivity index (χ0v) is 11.2. The van der Waals surface area contributed by atoms with Gasteiger partial charge in [-0.05, 0) is 36.0 Å². The van der Waals surface area contributed by atoms with Gasteiger partial charge in [0.15, 0.2) is 0 Å². The molecule has 3 nitrogen and oxygen atoms in total. The summed E-state index contributed by atoms with van der Waals surface area (Å²) in [6, 6.07) is 18.9. The maximum atomic E-state index is 4.54. The van der Waals surface area contributed by atoms with E-state index in [1.54, 1.807) is 0 Å². The van der Waals surface area contributed by atoms with Crippen LogP contribution in [0.5, 0.6) is 0 Å². The molecule has 0 saturated heterocycles. The first-order valence-electron chi connectivity index (χ1n) is 7.14. The van der Waals surface area contributed by atoms with E-state index in [0.29, 0.717) is 5.92 Å². The Labute approximate surface area is 118 Å². The number of para-hydroxylation sites is 2. The lowest BCUT2D eigenvalue weighted by Crippen LogP contribution is -2.05. The topological polar surface area (TPSA) is 40.7 Å². The summed E-state index contributed by atoms with van der Waals surface area (Å²) >= 11 is 0. The van der Waals surface area contributed by atoms with Crippen molar-refractivity contribution in [2.24, 2.45) is 5.92 Å². The van der Waals surface area contributed by atoms with Crippen molar-refractivity contribution in [2.45, 2.75) is 12.3 Å². The van der Waals surface area contributed by atoms with Crippen molar-refractivity contribution in [1.29, 1.82) is 0 Å². The van der Waals surface area contributed by atoms with Crippen molar-refractivity contribution < 1.29 is 0 Å². The molecular formula is C17H17N3. The fourth-order valence-corrected chi connectivity index (χ4v) is 2.85. The number of nitrogens with one attached hydrogen (secondary N) is 2. The van der Waals surface area contributed by atoms with Crippen molar-refractivity contribution in [3.05, 3.63) is 60.2 Å². The molecule has 1 aliphatic rings. The van der Waals surface area contributed by atoms with E-state index in [1.165, 1.54) is 12.0 Å². The van der Waals surface area contributed by atoms with Gasteiger partial charge >= 0.3 is 0 Å². The Morgan fingerprint density at radius 1 is 1.05 bits per heavy atom. The quantitative estimate of drug-likeness (QED) is 0.752. The van der Waals surface area contributed by atoms with Crippen molar-refractivity contribution in [1.82, 2.24) is 9.97 Å². The molecule has 2 atom stereocenters. The molecule has 0 bridgehead atoms. The lowest BCUT2D eigenvalue weighted by atomic mass is 10.1. The second-order valence-corrected chi connectivity index (χ2v) is 5.50. The summed E-state index contributed by atoms with van der Waals surface area (Å²) in [6.45, 7) is 0.985. The molecule has 2 aromatic carbocycles. The van der Waals surface area contributed by atoms with Gasteiger partial charge in [-0.15, -0.1) is 0 Å². The normalized spacial score (nSPS) is 21.0. The highest BCUT2D eigenvalue weighted by atomic mass is 15.1. The summed E-state index contributed by atoms with van der Waals surface area (Å²) < 4.78 is 0. The largest absolute Gasteiger partial charge is 0.355 e. The molecule has 1 aromatic heterocycles. The van der Waals surface area contributed by atoms with Gasteiger partial charge in [0.1, 0.15) is 0 Å². The van der Waals surface area contributed by atoms with Gasteiger partial charge in [0, 0.05) is 6.54 Å². The predicted octanol–water partition coefficient (Wildman–Crippen LogP) is 3.78. The van der Waals surface area contributed by atoms with Gasteiger partial charge in [0.2, 0.25) is 5.95 Å². The van der Waals surface area contributed by atoms with Crippen LogP contribution in [0.2, 0.25) is 0 Å². The Bertz CT molecular complexity index is 684. The van der Waals surface area contributed by atoms with Gasteiger partial charge in [-0.1, -0.05) is 42.5 Å². The zero-order valence-electron chi connectivity index (χ0n) is 11.2. The molecule has 3 aromatic rings. The van der Waals surface area contributed by atoms with E-state index in [4.69, 9.17) is 0 Å². The highest BCUT2D eigenvalue weighted by molar-refractivity contribution is 5.77. The van der Waals surface area contributed by atoms with Gasteiger partial charge in [-0.25, -0.2) is 4.98 Å². The molecule has 0 amide bonds. The summed E-state index contributed by atoms with van der Waals surface area (Å²) in [5.74, 6) is 2.32. The lowest BCUT2D eigenvalue weighted by Gasteiger charge is -2.02. The van der Waals surface area contributed by atoms with Crippen LogP contribution in [0.15, 0.2) is 54.6 Å². The summed E-state index contributed by atoms with van der Waals surface area (Å²) in [7, 11) is 0. The van der Waals surface area contributed by atoms with Crippen LogP contribution in [0, 0.1) is 5.92 Å². The van der Waals surface area contributed by atoms with Crippen LogP contribution in [-0.4, -0.2) is 16.5 Å². The molecule has 1 fully saturated rings. The Kier molecular flexibility index (Phi) is 2.69. The highest BCUT2D eigenvalue weighted by Gasteiger charge is 2.37. The average Bonchev–Trinajstić information content (AvgIpc) is 3.16. The minimum Gasteiger partial charge on any atom is -0.355 e. The van der Waals surface area contributed by atoms with E-state index >= 15 is 0 Å². The summed E-state index contributed by atoms with van der Waals surface area (Å²) in [5, 5.41) is 3.43. The second kappa shape index (κ2) is 4.67. The molecule has 4 rings (SSSR count). The molecular weight excluding hydrogens is 246 g/mol. The Morgan fingerprint density at radius 3 is 2.70 bits per heavy atom. The summed E-state index contributed by atoms with van der Waals surface area (Å²) in [4.78, 5) is 7.85. The van der Waals surface area contributed by atoms with E-state index in [1.807, 2.05) is 18.2 Å². The standard InChI is InChI=1S/C17H17N3/c1-2-6-12(7-3-1)14-10-13(14)11-18-17-19-15-8-4-5-9-16(15)20-17/h1-9,13-14H,10-11H2,(H2,18,19,20). The fraction of sp³-hybridized carbons (Fsp3) is 0.235. The lowest BCUT2D eigenvalue weighted by molar-refractivity contribution is 0.837. The average molecular weight is 263 g/mol. The van der Waals surface area contributed by atoms with Crippen LogP contribution in [0.25, 0.3) is 11.0 Å². The number of benzene rings is 2. The van der Waals surface area contributed by atoms with Crippen molar-refractivity contribution in [3.8, 4) is 0 Å². The number of nitrogens with zero attached hydrogens (tertiary/aromatic N) is 1. The number of hydrogen-bond acceptors (Lipinski definition) is 2. The Balaban J connectivity index is 1.40. The van der Waals surface area contributed by atoms with Gasteiger partial charge in [0.25, 0.3) is 0 Å². The number of anilines is 1. The molecule has 2 N–H and O–H groups in total. The minimum absolute atomic E-state index is 0.716. The Morgan fingerprint density at radius 2 is 1.85 bits per heavy atom. The fourth-order valence-electron chi connectivity index (χ4n) is 2.85. The third-order valence-electron chi connectivity index (χ3n) is 4.07. The SMILES string of the molecule is c1ccc(C2CC2CNc2nc3ccccc3[nH]2)cc1. The van der Waals surface area contributed by atoms with E-state index in [9.17, 15) is 0 Å². The molecule has 100 valence electrons. The number of hydrogen-bond donors (Lipinski definition) is 2. The van der Waals surface area contributed by atoms with Crippen molar-refractivity contribution >= 4 is 17.0 Å². The van der Waals surface area contributed by atoms with Gasteiger partial charge < -0.3 is 10.3 Å². The van der Waals surface area contributed by atoms with E-state index in [-0.39, 0.29) is 0 Å². The highest BCUT2D eigenvalue weighted by Crippen LogP contribution is 2.47. The van der Waals surface area contributed by atoms with Gasteiger partial charge in [-0.3, -0.25) is 0 Å². The Hall–Kier alpha value is -2.29. The van der Waals surface area contributed by atoms with E-state index < -0.39 is 0 Å². The van der Waals surface area contributed by atoms with Crippen LogP contribution >= 0.6 is 0 Å². The van der Waals surface area contributed by atoms with E-state index in [0.717, 1.165) is 29.4 Å². The number of aromatic nitrogens is 2. The van der Waals surface area contributed by atoms with E-state index in [2.05, 4.69) is 51.7 Å². The molecule has 1 saturated carbocycles. The predicted molar refractivity (Wildman–Crippen MR) is 81.9 cm³/mol. The van der Waals surface area contributed by atoms with Crippen LogP contribution < -0.4 is 5.32 Å². The maximum absolute atomic E-state index is 4.54. The van der Waals surface area contributed by atoms with Crippen LogP contribution in [0.4, 0.5) is 5.95 Å². The summed E-state index contributed by atoms with van der Waals surface area (Å²) in [6.07, 6.45) is 1.28. The number of fused-ring (bicyclic) bond motifs is 1. The second-order valence-electron chi connectivity index (χ2n) is 5.50. The molecule has 0 spiro atoms. The minimum atomic E-state index is 0.716. The number of imidazole rings is 1. The monoisotopic (exact) mass is 263 g/mol. The van der Waals surface area contributed by atoms with Gasteiger partial charge in [0.05, 0.1) is 11.0 Å². The van der Waals surface area contributed by atoms with Crippen LogP contribution in [0.1, 0.15) is 17.9 Å².